The predicted octanol–water partition coefficient (Wildman–Crippen LogP) is 1.53. The Bertz CT molecular complexity index is 547. The average molecular weight is 299 g/mol. The van der Waals surface area contributed by atoms with Crippen LogP contribution in [0.1, 0.15) is 31.1 Å². The smallest absolute Gasteiger partial charge is 0.257 e. The largest absolute Gasteiger partial charge is 0.396 e. The van der Waals surface area contributed by atoms with Crippen LogP contribution in [0.25, 0.3) is 0 Å². The monoisotopic (exact) mass is 299 g/mol. The van der Waals surface area contributed by atoms with E-state index in [1.807, 2.05) is 0 Å². The first-order valence-electron chi connectivity index (χ1n) is 6.59. The SMILES string of the molecule is CCN(CC(=O)NC(C)C)C(=O)c1cc(F)cc(N)c1F. The van der Waals surface area contributed by atoms with E-state index in [1.54, 1.807) is 20.8 Å². The normalized spacial score (nSPS) is 10.6. The van der Waals surface area contributed by atoms with Crippen molar-refractivity contribution in [3.63, 3.8) is 0 Å². The number of amides is 2. The molecule has 1 rings (SSSR count). The average Bonchev–Trinajstić information content (AvgIpc) is 2.38. The number of nitrogens with two attached hydrogens (primary N) is 1. The Labute approximate surface area is 122 Å². The lowest BCUT2D eigenvalue weighted by molar-refractivity contribution is -0.122. The minimum Gasteiger partial charge on any atom is -0.396 e. The third kappa shape index (κ3) is 4.40. The maximum absolute atomic E-state index is 13.8. The van der Waals surface area contributed by atoms with Crippen molar-refractivity contribution in [1.29, 1.82) is 0 Å². The summed E-state index contributed by atoms with van der Waals surface area (Å²) in [7, 11) is 0. The Kier molecular flexibility index (Phi) is 5.63. The Hall–Kier alpha value is -2.18. The van der Waals surface area contributed by atoms with Crippen LogP contribution in [0.3, 0.4) is 0 Å². The van der Waals surface area contributed by atoms with E-state index in [1.165, 1.54) is 0 Å². The van der Waals surface area contributed by atoms with Crippen LogP contribution >= 0.6 is 0 Å². The van der Waals surface area contributed by atoms with Crippen molar-refractivity contribution in [1.82, 2.24) is 10.2 Å². The summed E-state index contributed by atoms with van der Waals surface area (Å²) in [6, 6.07) is 1.50. The van der Waals surface area contributed by atoms with Crippen LogP contribution in [0, 0.1) is 11.6 Å². The molecule has 0 saturated heterocycles. The molecule has 1 aromatic carbocycles. The fourth-order valence-electron chi connectivity index (χ4n) is 1.80. The number of carbonyl (C=O) groups is 2. The molecule has 0 saturated carbocycles. The molecular formula is C14H19F2N3O2. The van der Waals surface area contributed by atoms with Gasteiger partial charge in [-0.15, -0.1) is 0 Å². The Morgan fingerprint density at radius 2 is 1.95 bits per heavy atom. The highest BCUT2D eigenvalue weighted by molar-refractivity contribution is 5.97. The zero-order valence-corrected chi connectivity index (χ0v) is 12.2. The molecule has 116 valence electrons. The van der Waals surface area contributed by atoms with Gasteiger partial charge in [-0.3, -0.25) is 9.59 Å². The van der Waals surface area contributed by atoms with Crippen LogP contribution in [-0.4, -0.2) is 35.8 Å². The number of nitrogen functional groups attached to an aromatic ring is 1. The number of halogens is 2. The second-order valence-electron chi connectivity index (χ2n) is 4.90. The Morgan fingerprint density at radius 3 is 2.48 bits per heavy atom. The topological polar surface area (TPSA) is 75.4 Å². The molecule has 7 heteroatoms. The fraction of sp³-hybridized carbons (Fsp3) is 0.429. The van der Waals surface area contributed by atoms with Gasteiger partial charge in [0.25, 0.3) is 5.91 Å². The van der Waals surface area contributed by atoms with E-state index in [4.69, 9.17) is 5.73 Å². The zero-order valence-electron chi connectivity index (χ0n) is 12.2. The molecule has 0 aliphatic heterocycles. The number of anilines is 1. The molecule has 5 nitrogen and oxygen atoms in total. The van der Waals surface area contributed by atoms with E-state index in [0.29, 0.717) is 0 Å². The molecule has 2 amide bonds. The van der Waals surface area contributed by atoms with Gasteiger partial charge in [0.05, 0.1) is 17.8 Å². The highest BCUT2D eigenvalue weighted by Crippen LogP contribution is 2.19. The lowest BCUT2D eigenvalue weighted by Gasteiger charge is -2.21. The summed E-state index contributed by atoms with van der Waals surface area (Å²) in [5.41, 5.74) is 4.38. The van der Waals surface area contributed by atoms with Crippen molar-refractivity contribution in [2.75, 3.05) is 18.8 Å². The van der Waals surface area contributed by atoms with Crippen LogP contribution < -0.4 is 11.1 Å². The molecule has 3 N–H and O–H groups in total. The van der Waals surface area contributed by atoms with E-state index in [-0.39, 0.29) is 25.0 Å². The molecule has 0 bridgehead atoms. The second-order valence-corrected chi connectivity index (χ2v) is 4.90. The summed E-state index contributed by atoms with van der Waals surface area (Å²) in [5, 5.41) is 2.63. The minimum atomic E-state index is -0.982. The van der Waals surface area contributed by atoms with Gasteiger partial charge >= 0.3 is 0 Å². The molecular weight excluding hydrogens is 280 g/mol. The number of benzene rings is 1. The third-order valence-corrected chi connectivity index (χ3v) is 2.75. The van der Waals surface area contributed by atoms with Gasteiger partial charge in [0.15, 0.2) is 5.82 Å². The number of carbonyl (C=O) groups excluding carboxylic acids is 2. The summed E-state index contributed by atoms with van der Waals surface area (Å²) >= 11 is 0. The van der Waals surface area contributed by atoms with Gasteiger partial charge in [-0.05, 0) is 32.9 Å². The van der Waals surface area contributed by atoms with Gasteiger partial charge in [0, 0.05) is 12.6 Å². The quantitative estimate of drug-likeness (QED) is 0.810. The summed E-state index contributed by atoms with van der Waals surface area (Å²) in [6.07, 6.45) is 0. The molecule has 0 spiro atoms. The van der Waals surface area contributed by atoms with Crippen LogP contribution in [0.2, 0.25) is 0 Å². The number of rotatable bonds is 5. The molecule has 0 fully saturated rings. The van der Waals surface area contributed by atoms with Gasteiger partial charge in [-0.1, -0.05) is 0 Å². The predicted molar refractivity (Wildman–Crippen MR) is 75.6 cm³/mol. The Balaban J connectivity index is 2.96. The first-order valence-corrected chi connectivity index (χ1v) is 6.59. The summed E-state index contributed by atoms with van der Waals surface area (Å²) < 4.78 is 27.1. The van der Waals surface area contributed by atoms with Gasteiger partial charge in [-0.2, -0.15) is 0 Å². The fourth-order valence-corrected chi connectivity index (χ4v) is 1.80. The molecule has 0 atom stereocenters. The lowest BCUT2D eigenvalue weighted by Crippen LogP contribution is -2.42. The molecule has 0 aliphatic carbocycles. The maximum Gasteiger partial charge on any atom is 0.257 e. The number of hydrogen-bond acceptors (Lipinski definition) is 3. The standard InChI is InChI=1S/C14H19F2N3O2/c1-4-19(7-12(20)18-8(2)3)14(21)10-5-9(15)6-11(17)13(10)16/h5-6,8H,4,7,17H2,1-3H3,(H,18,20). The highest BCUT2D eigenvalue weighted by atomic mass is 19.1. The number of hydrogen-bond donors (Lipinski definition) is 2. The number of nitrogens with zero attached hydrogens (tertiary/aromatic N) is 1. The van der Waals surface area contributed by atoms with Gasteiger partial charge < -0.3 is 16.0 Å². The molecule has 0 heterocycles. The van der Waals surface area contributed by atoms with Crippen LogP contribution in [0.5, 0.6) is 0 Å². The first kappa shape index (κ1) is 16.9. The number of likely N-dealkylation sites (N-methyl/N-ethyl adjacent to an activating group) is 1. The zero-order chi connectivity index (χ0) is 16.2. The third-order valence-electron chi connectivity index (χ3n) is 2.75. The highest BCUT2D eigenvalue weighted by Gasteiger charge is 2.22. The lowest BCUT2D eigenvalue weighted by atomic mass is 10.1. The summed E-state index contributed by atoms with van der Waals surface area (Å²) in [4.78, 5) is 25.0. The first-order chi connectivity index (χ1) is 9.76. The van der Waals surface area contributed by atoms with E-state index in [0.717, 1.165) is 17.0 Å². The Morgan fingerprint density at radius 1 is 1.33 bits per heavy atom. The second kappa shape index (κ2) is 7.01. The maximum atomic E-state index is 13.8. The molecule has 0 aromatic heterocycles. The molecule has 0 radical (unpaired) electrons. The molecule has 0 aliphatic rings. The molecule has 1 aromatic rings. The van der Waals surface area contributed by atoms with E-state index >= 15 is 0 Å². The van der Waals surface area contributed by atoms with Crippen molar-refractivity contribution in [2.24, 2.45) is 0 Å². The van der Waals surface area contributed by atoms with Gasteiger partial charge in [0.2, 0.25) is 5.91 Å². The minimum absolute atomic E-state index is 0.0761. The van der Waals surface area contributed by atoms with E-state index in [9.17, 15) is 18.4 Å². The van der Waals surface area contributed by atoms with Crippen molar-refractivity contribution in [3.05, 3.63) is 29.3 Å². The molecule has 21 heavy (non-hydrogen) atoms. The summed E-state index contributed by atoms with van der Waals surface area (Å²) in [6.45, 7) is 5.15. The van der Waals surface area contributed by atoms with Crippen LogP contribution in [0.15, 0.2) is 12.1 Å². The van der Waals surface area contributed by atoms with Crippen molar-refractivity contribution >= 4 is 17.5 Å². The molecule has 0 unspecified atom stereocenters. The van der Waals surface area contributed by atoms with Crippen LogP contribution in [-0.2, 0) is 4.79 Å². The van der Waals surface area contributed by atoms with E-state index < -0.39 is 28.8 Å². The van der Waals surface area contributed by atoms with Crippen molar-refractivity contribution < 1.29 is 18.4 Å². The van der Waals surface area contributed by atoms with Crippen molar-refractivity contribution in [3.8, 4) is 0 Å². The van der Waals surface area contributed by atoms with Crippen LogP contribution in [0.4, 0.5) is 14.5 Å². The van der Waals surface area contributed by atoms with E-state index in [2.05, 4.69) is 5.32 Å². The van der Waals surface area contributed by atoms with Gasteiger partial charge in [-0.25, -0.2) is 8.78 Å². The van der Waals surface area contributed by atoms with Gasteiger partial charge in [0.1, 0.15) is 5.82 Å². The van der Waals surface area contributed by atoms with Crippen molar-refractivity contribution in [2.45, 2.75) is 26.8 Å². The summed E-state index contributed by atoms with van der Waals surface area (Å²) in [5.74, 6) is -2.94. The number of nitrogens with one attached hydrogen (secondary N) is 1.